The lowest BCUT2D eigenvalue weighted by molar-refractivity contribution is -0.113. The Hall–Kier alpha value is -1.98. The summed E-state index contributed by atoms with van der Waals surface area (Å²) in [6.07, 6.45) is 0. The normalized spacial score (nSPS) is 10.6. The summed E-state index contributed by atoms with van der Waals surface area (Å²) in [5.74, 6) is 0.405. The van der Waals surface area contributed by atoms with Gasteiger partial charge in [0.15, 0.2) is 0 Å². The van der Waals surface area contributed by atoms with Gasteiger partial charge in [0.1, 0.15) is 0 Å². The lowest BCUT2D eigenvalue weighted by atomic mass is 10.1. The molecular formula is C19H21ClN2O2S. The molecule has 0 aliphatic carbocycles. The average Bonchev–Trinajstić information content (AvgIpc) is 2.59. The predicted molar refractivity (Wildman–Crippen MR) is 104 cm³/mol. The van der Waals surface area contributed by atoms with Crippen LogP contribution in [0.25, 0.3) is 0 Å². The molecule has 2 N–H and O–H groups in total. The van der Waals surface area contributed by atoms with Crippen molar-refractivity contribution < 1.29 is 9.59 Å². The molecule has 2 rings (SSSR count). The van der Waals surface area contributed by atoms with Crippen molar-refractivity contribution in [1.82, 2.24) is 5.32 Å². The van der Waals surface area contributed by atoms with Crippen LogP contribution in [0.3, 0.4) is 0 Å². The van der Waals surface area contributed by atoms with Crippen molar-refractivity contribution >= 4 is 40.9 Å². The maximum absolute atomic E-state index is 12.1. The highest BCUT2D eigenvalue weighted by Crippen LogP contribution is 2.20. The number of carbonyl (C=O) groups is 2. The molecule has 0 aliphatic heterocycles. The summed E-state index contributed by atoms with van der Waals surface area (Å²) in [6.45, 7) is 4.69. The molecule has 0 aliphatic rings. The van der Waals surface area contributed by atoms with Crippen LogP contribution in [0.15, 0.2) is 53.4 Å². The van der Waals surface area contributed by atoms with Crippen LogP contribution in [0.2, 0.25) is 5.02 Å². The van der Waals surface area contributed by atoms with Gasteiger partial charge in [0.05, 0.1) is 5.75 Å². The van der Waals surface area contributed by atoms with Crippen molar-refractivity contribution in [2.45, 2.75) is 18.7 Å². The van der Waals surface area contributed by atoms with Gasteiger partial charge in [0.2, 0.25) is 5.91 Å². The molecule has 0 radical (unpaired) electrons. The number of amides is 2. The summed E-state index contributed by atoms with van der Waals surface area (Å²) >= 11 is 7.27. The van der Waals surface area contributed by atoms with E-state index in [9.17, 15) is 9.59 Å². The van der Waals surface area contributed by atoms with Gasteiger partial charge in [-0.25, -0.2) is 0 Å². The molecule has 4 nitrogen and oxygen atoms in total. The van der Waals surface area contributed by atoms with Gasteiger partial charge in [-0.05, 0) is 48.4 Å². The van der Waals surface area contributed by atoms with E-state index in [4.69, 9.17) is 11.6 Å². The smallest absolute Gasteiger partial charge is 0.251 e. The van der Waals surface area contributed by atoms with Gasteiger partial charge in [-0.2, -0.15) is 0 Å². The standard InChI is InChI=1S/C19H21ClN2O2S/c1-13(2)11-21-19(24)14-4-3-5-16(10-14)22-18(23)12-25-17-8-6-15(20)7-9-17/h3-10,13H,11-12H2,1-2H3,(H,21,24)(H,22,23). The van der Waals surface area contributed by atoms with E-state index in [1.165, 1.54) is 11.8 Å². The van der Waals surface area contributed by atoms with Crippen molar-refractivity contribution in [2.24, 2.45) is 5.92 Å². The highest BCUT2D eigenvalue weighted by molar-refractivity contribution is 8.00. The number of rotatable bonds is 7. The molecule has 2 aromatic carbocycles. The number of benzene rings is 2. The third kappa shape index (κ3) is 6.80. The fourth-order valence-electron chi connectivity index (χ4n) is 2.01. The van der Waals surface area contributed by atoms with Crippen LogP contribution in [0, 0.1) is 5.92 Å². The molecule has 0 fully saturated rings. The van der Waals surface area contributed by atoms with Crippen LogP contribution in [0.1, 0.15) is 24.2 Å². The van der Waals surface area contributed by atoms with E-state index >= 15 is 0 Å². The number of thioether (sulfide) groups is 1. The van der Waals surface area contributed by atoms with E-state index in [1.54, 1.807) is 36.4 Å². The van der Waals surface area contributed by atoms with Crippen molar-refractivity contribution in [3.63, 3.8) is 0 Å². The number of halogens is 1. The Kier molecular flexibility index (Phi) is 7.34. The first-order valence-corrected chi connectivity index (χ1v) is 9.37. The first-order valence-electron chi connectivity index (χ1n) is 8.00. The van der Waals surface area contributed by atoms with Gasteiger partial charge in [-0.15, -0.1) is 11.8 Å². The number of hydrogen-bond acceptors (Lipinski definition) is 3. The van der Waals surface area contributed by atoms with E-state index < -0.39 is 0 Å². The average molecular weight is 377 g/mol. The van der Waals surface area contributed by atoms with Crippen LogP contribution in [0.4, 0.5) is 5.69 Å². The lowest BCUT2D eigenvalue weighted by Gasteiger charge is -2.09. The van der Waals surface area contributed by atoms with Gasteiger partial charge in [0.25, 0.3) is 5.91 Å². The Morgan fingerprint density at radius 3 is 2.52 bits per heavy atom. The van der Waals surface area contributed by atoms with Crippen LogP contribution < -0.4 is 10.6 Å². The van der Waals surface area contributed by atoms with Crippen molar-refractivity contribution in [3.8, 4) is 0 Å². The first kappa shape index (κ1) is 19.3. The van der Waals surface area contributed by atoms with E-state index in [1.807, 2.05) is 26.0 Å². The van der Waals surface area contributed by atoms with Crippen LogP contribution in [-0.2, 0) is 4.79 Å². The minimum Gasteiger partial charge on any atom is -0.352 e. The number of nitrogens with one attached hydrogen (secondary N) is 2. The minimum absolute atomic E-state index is 0.125. The Balaban J connectivity index is 1.88. The lowest BCUT2D eigenvalue weighted by Crippen LogP contribution is -2.27. The molecule has 0 aromatic heterocycles. The molecule has 25 heavy (non-hydrogen) atoms. The molecule has 6 heteroatoms. The quantitative estimate of drug-likeness (QED) is 0.701. The SMILES string of the molecule is CC(C)CNC(=O)c1cccc(NC(=O)CSc2ccc(Cl)cc2)c1. The first-order chi connectivity index (χ1) is 11.9. The summed E-state index contributed by atoms with van der Waals surface area (Å²) in [5, 5.41) is 6.35. The van der Waals surface area contributed by atoms with Crippen LogP contribution >= 0.6 is 23.4 Å². The molecule has 0 heterocycles. The second-order valence-corrected chi connectivity index (χ2v) is 7.46. The second-order valence-electron chi connectivity index (χ2n) is 5.98. The highest BCUT2D eigenvalue weighted by Gasteiger charge is 2.09. The zero-order valence-corrected chi connectivity index (χ0v) is 15.8. The van der Waals surface area contributed by atoms with Gasteiger partial charge in [-0.3, -0.25) is 9.59 Å². The third-order valence-corrected chi connectivity index (χ3v) is 4.53. The van der Waals surface area contributed by atoms with Gasteiger partial charge >= 0.3 is 0 Å². The molecule has 0 bridgehead atoms. The summed E-state index contributed by atoms with van der Waals surface area (Å²) in [5.41, 5.74) is 1.14. The maximum Gasteiger partial charge on any atom is 0.251 e. The molecule has 0 saturated heterocycles. The van der Waals surface area contributed by atoms with Gasteiger partial charge in [-0.1, -0.05) is 31.5 Å². The Bertz CT molecular complexity index is 732. The van der Waals surface area contributed by atoms with E-state index in [0.717, 1.165) is 4.90 Å². The summed E-state index contributed by atoms with van der Waals surface area (Å²) in [7, 11) is 0. The number of anilines is 1. The molecule has 0 spiro atoms. The Morgan fingerprint density at radius 2 is 1.84 bits per heavy atom. The van der Waals surface area contributed by atoms with E-state index in [-0.39, 0.29) is 17.6 Å². The van der Waals surface area contributed by atoms with E-state index in [0.29, 0.717) is 28.7 Å². The number of carbonyl (C=O) groups excluding carboxylic acids is 2. The van der Waals surface area contributed by atoms with Crippen molar-refractivity contribution in [1.29, 1.82) is 0 Å². The molecule has 2 amide bonds. The monoisotopic (exact) mass is 376 g/mol. The van der Waals surface area contributed by atoms with Gasteiger partial charge in [0, 0.05) is 27.7 Å². The summed E-state index contributed by atoms with van der Waals surface area (Å²) in [6, 6.07) is 14.3. The van der Waals surface area contributed by atoms with Crippen molar-refractivity contribution in [3.05, 3.63) is 59.1 Å². The molecular weight excluding hydrogens is 356 g/mol. The summed E-state index contributed by atoms with van der Waals surface area (Å²) in [4.78, 5) is 25.2. The fourth-order valence-corrected chi connectivity index (χ4v) is 2.84. The molecule has 0 atom stereocenters. The third-order valence-electron chi connectivity index (χ3n) is 3.26. The second kappa shape index (κ2) is 9.49. The Labute approximate surface area is 157 Å². The zero-order valence-electron chi connectivity index (χ0n) is 14.2. The maximum atomic E-state index is 12.1. The number of hydrogen-bond donors (Lipinski definition) is 2. The molecule has 132 valence electrons. The predicted octanol–water partition coefficient (Wildman–Crippen LogP) is 4.46. The topological polar surface area (TPSA) is 58.2 Å². The minimum atomic E-state index is -0.139. The highest BCUT2D eigenvalue weighted by atomic mass is 35.5. The van der Waals surface area contributed by atoms with Gasteiger partial charge < -0.3 is 10.6 Å². The largest absolute Gasteiger partial charge is 0.352 e. The Morgan fingerprint density at radius 1 is 1.12 bits per heavy atom. The van der Waals surface area contributed by atoms with Crippen molar-refractivity contribution in [2.75, 3.05) is 17.6 Å². The van der Waals surface area contributed by atoms with Crippen LogP contribution in [0.5, 0.6) is 0 Å². The van der Waals surface area contributed by atoms with E-state index in [2.05, 4.69) is 10.6 Å². The van der Waals surface area contributed by atoms with Crippen LogP contribution in [-0.4, -0.2) is 24.1 Å². The fraction of sp³-hybridized carbons (Fsp3) is 0.263. The zero-order chi connectivity index (χ0) is 18.2. The molecule has 0 unspecified atom stereocenters. The molecule has 0 saturated carbocycles. The summed E-state index contributed by atoms with van der Waals surface area (Å²) < 4.78 is 0. The molecule has 2 aromatic rings.